The number of nitrogen functional groups attached to an aromatic ring is 2. The van der Waals surface area contributed by atoms with E-state index in [0.29, 0.717) is 5.82 Å². The molecule has 4 nitrogen and oxygen atoms in total. The van der Waals surface area contributed by atoms with Gasteiger partial charge in [0.2, 0.25) is 0 Å². The van der Waals surface area contributed by atoms with Gasteiger partial charge in [-0.05, 0) is 17.7 Å². The van der Waals surface area contributed by atoms with Gasteiger partial charge in [0, 0.05) is 11.8 Å². The maximum atomic E-state index is 5.56. The smallest absolute Gasteiger partial charge is 0.145 e. The summed E-state index contributed by atoms with van der Waals surface area (Å²) >= 11 is 0. The van der Waals surface area contributed by atoms with Crippen LogP contribution in [0.15, 0.2) is 30.3 Å². The maximum absolute atomic E-state index is 5.56. The van der Waals surface area contributed by atoms with Gasteiger partial charge in [0.25, 0.3) is 0 Å². The quantitative estimate of drug-likeness (QED) is 0.569. The van der Waals surface area contributed by atoms with Gasteiger partial charge >= 0.3 is 0 Å². The van der Waals surface area contributed by atoms with Crippen molar-refractivity contribution in [1.82, 2.24) is 10.2 Å². The molecule has 2 aromatic rings. The van der Waals surface area contributed by atoms with Crippen LogP contribution in [0, 0.1) is 0 Å². The summed E-state index contributed by atoms with van der Waals surface area (Å²) in [5.41, 5.74) is 13.7. The lowest BCUT2D eigenvalue weighted by Gasteiger charge is -1.96. The minimum absolute atomic E-state index is 0.492. The average molecular weight is 174 g/mol. The first kappa shape index (κ1) is 7.67. The second-order valence-corrected chi connectivity index (χ2v) is 2.83. The molecule has 0 spiro atoms. The minimum Gasteiger partial charge on any atom is -0.399 e. The Balaban J connectivity index is 2.41. The third-order valence-corrected chi connectivity index (χ3v) is 1.82. The fourth-order valence-corrected chi connectivity index (χ4v) is 1.15. The van der Waals surface area contributed by atoms with Crippen molar-refractivity contribution in [2.75, 3.05) is 11.5 Å². The first-order valence-electron chi connectivity index (χ1n) is 3.92. The Labute approximate surface area is 75.6 Å². The van der Waals surface area contributed by atoms with E-state index in [9.17, 15) is 0 Å². The summed E-state index contributed by atoms with van der Waals surface area (Å²) in [5, 5.41) is 6.66. The van der Waals surface area contributed by atoms with Crippen LogP contribution in [-0.2, 0) is 0 Å². The number of benzene rings is 1. The number of nitrogens with two attached hydrogens (primary N) is 2. The van der Waals surface area contributed by atoms with Crippen molar-refractivity contribution in [3.63, 3.8) is 0 Å². The molecule has 4 heteroatoms. The highest BCUT2D eigenvalue weighted by Crippen LogP contribution is 2.19. The van der Waals surface area contributed by atoms with Crippen LogP contribution >= 0.6 is 0 Å². The summed E-state index contributed by atoms with van der Waals surface area (Å²) in [7, 11) is 0. The Morgan fingerprint density at radius 1 is 1.08 bits per heavy atom. The summed E-state index contributed by atoms with van der Waals surface area (Å²) in [6.07, 6.45) is 0. The van der Waals surface area contributed by atoms with Crippen molar-refractivity contribution in [2.24, 2.45) is 0 Å². The van der Waals surface area contributed by atoms with Crippen molar-refractivity contribution >= 4 is 11.5 Å². The van der Waals surface area contributed by atoms with E-state index in [1.807, 2.05) is 24.3 Å². The van der Waals surface area contributed by atoms with Crippen molar-refractivity contribution in [1.29, 1.82) is 0 Å². The third kappa shape index (κ3) is 1.46. The van der Waals surface area contributed by atoms with Crippen molar-refractivity contribution < 1.29 is 0 Å². The Hall–Kier alpha value is -1.97. The van der Waals surface area contributed by atoms with Crippen molar-refractivity contribution in [3.8, 4) is 11.3 Å². The number of nitrogens with one attached hydrogen (secondary N) is 1. The molecular formula is C9H10N4. The average Bonchev–Trinajstić information content (AvgIpc) is 2.53. The third-order valence-electron chi connectivity index (χ3n) is 1.82. The Kier molecular flexibility index (Phi) is 1.66. The molecule has 0 amide bonds. The monoisotopic (exact) mass is 174 g/mol. The maximum Gasteiger partial charge on any atom is 0.145 e. The molecule has 0 aliphatic heterocycles. The number of hydrogen-bond acceptors (Lipinski definition) is 3. The van der Waals surface area contributed by atoms with Crippen LogP contribution in [0.5, 0.6) is 0 Å². The zero-order valence-electron chi connectivity index (χ0n) is 6.99. The summed E-state index contributed by atoms with van der Waals surface area (Å²) in [5.74, 6) is 0.492. The van der Waals surface area contributed by atoms with E-state index in [4.69, 9.17) is 11.5 Å². The normalized spacial score (nSPS) is 10.2. The van der Waals surface area contributed by atoms with E-state index in [2.05, 4.69) is 10.2 Å². The molecule has 0 fully saturated rings. The standard InChI is InChI=1S/C9H10N4/c10-7-3-1-6(2-4-7)8-5-9(11)13-12-8/h1-5H,10H2,(H3,11,12,13). The Morgan fingerprint density at radius 2 is 1.77 bits per heavy atom. The summed E-state index contributed by atoms with van der Waals surface area (Å²) < 4.78 is 0. The molecule has 0 aliphatic carbocycles. The second-order valence-electron chi connectivity index (χ2n) is 2.83. The van der Waals surface area contributed by atoms with Gasteiger partial charge in [-0.15, -0.1) is 0 Å². The van der Waals surface area contributed by atoms with E-state index in [0.717, 1.165) is 16.9 Å². The lowest BCUT2D eigenvalue weighted by Crippen LogP contribution is -1.83. The molecule has 13 heavy (non-hydrogen) atoms. The molecule has 0 saturated heterocycles. The fraction of sp³-hybridized carbons (Fsp3) is 0. The SMILES string of the molecule is Nc1ccc(-c2cc(N)n[nH]2)cc1. The largest absolute Gasteiger partial charge is 0.399 e. The van der Waals surface area contributed by atoms with Crippen molar-refractivity contribution in [2.45, 2.75) is 0 Å². The molecule has 1 aromatic carbocycles. The van der Waals surface area contributed by atoms with Crippen LogP contribution in [0.2, 0.25) is 0 Å². The lowest BCUT2D eigenvalue weighted by molar-refractivity contribution is 1.10. The van der Waals surface area contributed by atoms with Crippen LogP contribution in [0.25, 0.3) is 11.3 Å². The molecular weight excluding hydrogens is 164 g/mol. The molecule has 0 radical (unpaired) electrons. The number of H-pyrrole nitrogens is 1. The number of nitrogens with zero attached hydrogens (tertiary/aromatic N) is 1. The van der Waals surface area contributed by atoms with E-state index in [1.165, 1.54) is 0 Å². The van der Waals surface area contributed by atoms with Gasteiger partial charge in [-0.2, -0.15) is 5.10 Å². The van der Waals surface area contributed by atoms with Crippen LogP contribution in [-0.4, -0.2) is 10.2 Å². The van der Waals surface area contributed by atoms with Gasteiger partial charge < -0.3 is 11.5 Å². The molecule has 5 N–H and O–H groups in total. The van der Waals surface area contributed by atoms with E-state index in [1.54, 1.807) is 6.07 Å². The predicted octanol–water partition coefficient (Wildman–Crippen LogP) is 1.24. The molecule has 0 aliphatic rings. The van der Waals surface area contributed by atoms with E-state index < -0.39 is 0 Å². The van der Waals surface area contributed by atoms with Gasteiger partial charge in [-0.3, -0.25) is 5.10 Å². The van der Waals surface area contributed by atoms with Gasteiger partial charge in [0.05, 0.1) is 5.69 Å². The molecule has 0 unspecified atom stereocenters. The van der Waals surface area contributed by atoms with Gasteiger partial charge in [-0.25, -0.2) is 0 Å². The zero-order chi connectivity index (χ0) is 9.26. The molecule has 0 bridgehead atoms. The van der Waals surface area contributed by atoms with E-state index in [-0.39, 0.29) is 0 Å². The van der Waals surface area contributed by atoms with Crippen LogP contribution in [0.4, 0.5) is 11.5 Å². The summed E-state index contributed by atoms with van der Waals surface area (Å²) in [6, 6.07) is 9.30. The first-order chi connectivity index (χ1) is 6.25. The summed E-state index contributed by atoms with van der Waals surface area (Å²) in [4.78, 5) is 0. The highest BCUT2D eigenvalue weighted by atomic mass is 15.2. The molecule has 1 heterocycles. The highest BCUT2D eigenvalue weighted by molar-refractivity contribution is 5.63. The Bertz CT molecular complexity index is 402. The number of rotatable bonds is 1. The van der Waals surface area contributed by atoms with E-state index >= 15 is 0 Å². The van der Waals surface area contributed by atoms with Gasteiger partial charge in [-0.1, -0.05) is 12.1 Å². The molecule has 66 valence electrons. The Morgan fingerprint density at radius 3 is 2.31 bits per heavy atom. The predicted molar refractivity (Wildman–Crippen MR) is 52.8 cm³/mol. The molecule has 0 saturated carbocycles. The number of hydrogen-bond donors (Lipinski definition) is 3. The zero-order valence-corrected chi connectivity index (χ0v) is 6.99. The summed E-state index contributed by atoms with van der Waals surface area (Å²) in [6.45, 7) is 0. The van der Waals surface area contributed by atoms with Crippen LogP contribution < -0.4 is 11.5 Å². The van der Waals surface area contributed by atoms with Gasteiger partial charge in [0.15, 0.2) is 0 Å². The molecule has 2 rings (SSSR count). The highest BCUT2D eigenvalue weighted by Gasteiger charge is 1.99. The van der Waals surface area contributed by atoms with Crippen molar-refractivity contribution in [3.05, 3.63) is 30.3 Å². The fourth-order valence-electron chi connectivity index (χ4n) is 1.15. The van der Waals surface area contributed by atoms with Crippen LogP contribution in [0.1, 0.15) is 0 Å². The number of aromatic amines is 1. The minimum atomic E-state index is 0.492. The number of aromatic nitrogens is 2. The lowest BCUT2D eigenvalue weighted by atomic mass is 10.1. The van der Waals surface area contributed by atoms with Crippen LogP contribution in [0.3, 0.4) is 0 Å². The topological polar surface area (TPSA) is 80.7 Å². The first-order valence-corrected chi connectivity index (χ1v) is 3.92. The number of anilines is 2. The molecule has 1 aromatic heterocycles. The van der Waals surface area contributed by atoms with Gasteiger partial charge in [0.1, 0.15) is 5.82 Å². The molecule has 0 atom stereocenters. The second kappa shape index (κ2) is 2.82.